The normalized spacial score (nSPS) is 17.1. The van der Waals surface area contributed by atoms with Crippen molar-refractivity contribution in [2.24, 2.45) is 0 Å². The van der Waals surface area contributed by atoms with E-state index in [2.05, 4.69) is 22.0 Å². The first-order valence-corrected chi connectivity index (χ1v) is 11.3. The van der Waals surface area contributed by atoms with Crippen LogP contribution in [-0.2, 0) is 17.8 Å². The molecule has 0 spiro atoms. The Balaban J connectivity index is 1.39. The number of halogens is 2. The zero-order valence-corrected chi connectivity index (χ0v) is 19.4. The standard InChI is InChI=1S/C25H26ClFN4O2/c1-17-15-30(16-19-3-8-23(27)9-4-19)11-12-31(17)25(32)10-6-20-5-7-22(26)13-21(20)14-24-28-18(2)33-29-24/h3-10,13,17H,11-12,14-16H2,1-2H3. The quantitative estimate of drug-likeness (QED) is 0.498. The summed E-state index contributed by atoms with van der Waals surface area (Å²) in [4.78, 5) is 21.4. The summed E-state index contributed by atoms with van der Waals surface area (Å²) in [6.07, 6.45) is 3.89. The molecule has 1 atom stereocenters. The molecule has 172 valence electrons. The minimum Gasteiger partial charge on any atom is -0.340 e. The highest BCUT2D eigenvalue weighted by atomic mass is 35.5. The van der Waals surface area contributed by atoms with Crippen LogP contribution >= 0.6 is 11.6 Å². The molecule has 1 fully saturated rings. The van der Waals surface area contributed by atoms with Crippen molar-refractivity contribution in [3.63, 3.8) is 0 Å². The summed E-state index contributed by atoms with van der Waals surface area (Å²) in [7, 11) is 0. The van der Waals surface area contributed by atoms with Gasteiger partial charge in [-0.15, -0.1) is 0 Å². The van der Waals surface area contributed by atoms with E-state index in [0.717, 1.165) is 36.3 Å². The molecule has 1 amide bonds. The van der Waals surface area contributed by atoms with Crippen molar-refractivity contribution in [1.82, 2.24) is 19.9 Å². The third kappa shape index (κ3) is 6.06. The summed E-state index contributed by atoms with van der Waals surface area (Å²) < 4.78 is 18.2. The Labute approximate surface area is 197 Å². The van der Waals surface area contributed by atoms with Gasteiger partial charge in [-0.05, 0) is 54.0 Å². The minimum absolute atomic E-state index is 0.0276. The Morgan fingerprint density at radius 3 is 2.73 bits per heavy atom. The lowest BCUT2D eigenvalue weighted by Crippen LogP contribution is -2.53. The van der Waals surface area contributed by atoms with Crippen LogP contribution in [0.5, 0.6) is 0 Å². The largest absolute Gasteiger partial charge is 0.340 e. The van der Waals surface area contributed by atoms with Gasteiger partial charge in [0.05, 0.1) is 0 Å². The van der Waals surface area contributed by atoms with E-state index in [1.54, 1.807) is 31.2 Å². The molecule has 1 unspecified atom stereocenters. The van der Waals surface area contributed by atoms with Crippen molar-refractivity contribution < 1.29 is 13.7 Å². The summed E-state index contributed by atoms with van der Waals surface area (Å²) >= 11 is 6.18. The summed E-state index contributed by atoms with van der Waals surface area (Å²) in [6, 6.07) is 12.2. The lowest BCUT2D eigenvalue weighted by atomic mass is 10.0. The van der Waals surface area contributed by atoms with Crippen LogP contribution in [-0.4, -0.2) is 51.5 Å². The van der Waals surface area contributed by atoms with E-state index in [4.69, 9.17) is 16.1 Å². The first kappa shape index (κ1) is 23.1. The lowest BCUT2D eigenvalue weighted by molar-refractivity contribution is -0.130. The van der Waals surface area contributed by atoms with Gasteiger partial charge in [-0.25, -0.2) is 4.39 Å². The molecule has 33 heavy (non-hydrogen) atoms. The Hall–Kier alpha value is -3.03. The first-order valence-electron chi connectivity index (χ1n) is 10.9. The number of rotatable bonds is 6. The maximum atomic E-state index is 13.1. The average molecular weight is 469 g/mol. The maximum absolute atomic E-state index is 13.1. The van der Waals surface area contributed by atoms with Gasteiger partial charge < -0.3 is 9.42 Å². The number of hydrogen-bond donors (Lipinski definition) is 0. The molecule has 1 saturated heterocycles. The second-order valence-corrected chi connectivity index (χ2v) is 8.76. The van der Waals surface area contributed by atoms with E-state index < -0.39 is 0 Å². The van der Waals surface area contributed by atoms with E-state index in [9.17, 15) is 9.18 Å². The molecule has 2 heterocycles. The van der Waals surface area contributed by atoms with E-state index in [-0.39, 0.29) is 17.8 Å². The van der Waals surface area contributed by atoms with Crippen molar-refractivity contribution in [2.45, 2.75) is 32.9 Å². The molecule has 0 radical (unpaired) electrons. The van der Waals surface area contributed by atoms with Crippen LogP contribution < -0.4 is 0 Å². The molecule has 0 bridgehead atoms. The zero-order valence-electron chi connectivity index (χ0n) is 18.7. The van der Waals surface area contributed by atoms with Crippen LogP contribution in [0.25, 0.3) is 6.08 Å². The smallest absolute Gasteiger partial charge is 0.246 e. The van der Waals surface area contributed by atoms with Gasteiger partial charge in [0, 0.05) is 56.7 Å². The Kier molecular flexibility index (Phi) is 7.20. The Bertz CT molecular complexity index is 1150. The van der Waals surface area contributed by atoms with Gasteiger partial charge in [0.15, 0.2) is 5.82 Å². The molecular weight excluding hydrogens is 443 g/mol. The van der Waals surface area contributed by atoms with Gasteiger partial charge in [0.2, 0.25) is 11.8 Å². The molecule has 1 aromatic heterocycles. The van der Waals surface area contributed by atoms with Gasteiger partial charge in [0.25, 0.3) is 0 Å². The van der Waals surface area contributed by atoms with Crippen molar-refractivity contribution in [1.29, 1.82) is 0 Å². The zero-order chi connectivity index (χ0) is 23.4. The van der Waals surface area contributed by atoms with E-state index in [1.807, 2.05) is 23.1 Å². The number of benzene rings is 2. The summed E-state index contributed by atoms with van der Waals surface area (Å²) in [5.41, 5.74) is 2.87. The summed E-state index contributed by atoms with van der Waals surface area (Å²) in [5.74, 6) is 0.819. The van der Waals surface area contributed by atoms with Crippen LogP contribution in [0, 0.1) is 12.7 Å². The monoisotopic (exact) mass is 468 g/mol. The average Bonchev–Trinajstić information content (AvgIpc) is 3.19. The van der Waals surface area contributed by atoms with E-state index in [1.165, 1.54) is 12.1 Å². The van der Waals surface area contributed by atoms with Gasteiger partial charge in [-0.2, -0.15) is 4.98 Å². The Morgan fingerprint density at radius 2 is 2.03 bits per heavy atom. The van der Waals surface area contributed by atoms with Crippen molar-refractivity contribution in [3.8, 4) is 0 Å². The molecule has 0 aliphatic carbocycles. The number of piperazine rings is 1. The van der Waals surface area contributed by atoms with Crippen molar-refractivity contribution in [3.05, 3.63) is 87.8 Å². The lowest BCUT2D eigenvalue weighted by Gasteiger charge is -2.39. The number of amides is 1. The van der Waals surface area contributed by atoms with Gasteiger partial charge in [0.1, 0.15) is 5.82 Å². The maximum Gasteiger partial charge on any atom is 0.246 e. The summed E-state index contributed by atoms with van der Waals surface area (Å²) in [6.45, 7) is 6.71. The second-order valence-electron chi connectivity index (χ2n) is 8.33. The number of aryl methyl sites for hydroxylation is 1. The predicted molar refractivity (Wildman–Crippen MR) is 125 cm³/mol. The van der Waals surface area contributed by atoms with Crippen molar-refractivity contribution in [2.75, 3.05) is 19.6 Å². The molecule has 1 aliphatic rings. The molecule has 4 rings (SSSR count). The third-order valence-electron chi connectivity index (χ3n) is 5.74. The molecule has 0 N–H and O–H groups in total. The van der Waals surface area contributed by atoms with Crippen LogP contribution in [0.2, 0.25) is 5.02 Å². The molecule has 1 aliphatic heterocycles. The molecular formula is C25H26ClFN4O2. The highest BCUT2D eigenvalue weighted by Gasteiger charge is 2.26. The number of carbonyl (C=O) groups excluding carboxylic acids is 1. The fourth-order valence-corrected chi connectivity index (χ4v) is 4.28. The minimum atomic E-state index is -0.231. The molecule has 8 heteroatoms. The van der Waals surface area contributed by atoms with Gasteiger partial charge in [-0.1, -0.05) is 35.0 Å². The first-order chi connectivity index (χ1) is 15.9. The van der Waals surface area contributed by atoms with Gasteiger partial charge >= 0.3 is 0 Å². The molecule has 6 nitrogen and oxygen atoms in total. The number of carbonyl (C=O) groups is 1. The third-order valence-corrected chi connectivity index (χ3v) is 5.98. The highest BCUT2D eigenvalue weighted by Crippen LogP contribution is 2.21. The van der Waals surface area contributed by atoms with Crippen LogP contribution in [0.4, 0.5) is 4.39 Å². The topological polar surface area (TPSA) is 62.5 Å². The van der Waals surface area contributed by atoms with Crippen LogP contribution in [0.15, 0.2) is 53.1 Å². The fraction of sp³-hybridized carbons (Fsp3) is 0.320. The number of hydrogen-bond acceptors (Lipinski definition) is 5. The predicted octanol–water partition coefficient (Wildman–Crippen LogP) is 4.51. The van der Waals surface area contributed by atoms with E-state index >= 15 is 0 Å². The molecule has 3 aromatic rings. The van der Waals surface area contributed by atoms with Crippen LogP contribution in [0.1, 0.15) is 35.3 Å². The number of nitrogens with zero attached hydrogens (tertiary/aromatic N) is 4. The van der Waals surface area contributed by atoms with Crippen molar-refractivity contribution >= 4 is 23.6 Å². The second kappa shape index (κ2) is 10.3. The van der Waals surface area contributed by atoms with E-state index in [0.29, 0.717) is 29.7 Å². The SMILES string of the molecule is Cc1nc(Cc2cc(Cl)ccc2C=CC(=O)N2CCN(Cc3ccc(F)cc3)CC2C)no1. The molecule has 2 aromatic carbocycles. The highest BCUT2D eigenvalue weighted by molar-refractivity contribution is 6.30. The van der Waals surface area contributed by atoms with Crippen LogP contribution in [0.3, 0.4) is 0 Å². The fourth-order valence-electron chi connectivity index (χ4n) is 4.08. The summed E-state index contributed by atoms with van der Waals surface area (Å²) in [5, 5.41) is 4.56. The number of aromatic nitrogens is 2. The Morgan fingerprint density at radius 1 is 1.24 bits per heavy atom. The van der Waals surface area contributed by atoms with Gasteiger partial charge in [-0.3, -0.25) is 9.69 Å². The molecule has 0 saturated carbocycles.